The summed E-state index contributed by atoms with van der Waals surface area (Å²) in [7, 11) is -0.886. The van der Waals surface area contributed by atoms with E-state index in [1.165, 1.54) is 19.3 Å². The molecule has 0 saturated heterocycles. The van der Waals surface area contributed by atoms with E-state index in [4.69, 9.17) is 5.10 Å². The van der Waals surface area contributed by atoms with Crippen molar-refractivity contribution in [1.82, 2.24) is 9.78 Å². The molecule has 1 atom stereocenters. The first kappa shape index (κ1) is 17.0. The maximum atomic E-state index is 13.5. The standard InChI is InChI=1S/C20H29N3O2S/c1-19(2,3)23-17(15-10-26(25)11-16(15)22-23)21-18(24)20-7-12-4-13(8-20)6-14(5-12)9-20/h12-14H,4-11H2,1-3H3,(H,21,24)/t12?,13?,14?,20?,26-/m0/s1. The summed E-state index contributed by atoms with van der Waals surface area (Å²) < 4.78 is 14.0. The fourth-order valence-corrected chi connectivity index (χ4v) is 7.63. The lowest BCUT2D eigenvalue weighted by Crippen LogP contribution is -2.52. The van der Waals surface area contributed by atoms with Crippen molar-refractivity contribution >= 4 is 22.5 Å². The second-order valence-electron chi connectivity index (χ2n) is 10.2. The average molecular weight is 376 g/mol. The molecule has 1 aromatic rings. The Bertz CT molecular complexity index is 769. The Morgan fingerprint density at radius 2 is 1.69 bits per heavy atom. The van der Waals surface area contributed by atoms with Gasteiger partial charge in [0.1, 0.15) is 5.82 Å². The number of carbonyl (C=O) groups is 1. The topological polar surface area (TPSA) is 64.0 Å². The predicted octanol–water partition coefficient (Wildman–Crippen LogP) is 3.56. The number of nitrogens with zero attached hydrogens (tertiary/aromatic N) is 2. The van der Waals surface area contributed by atoms with E-state index < -0.39 is 10.8 Å². The van der Waals surface area contributed by atoms with Gasteiger partial charge < -0.3 is 5.32 Å². The second-order valence-corrected chi connectivity index (χ2v) is 11.7. The second kappa shape index (κ2) is 5.43. The third-order valence-electron chi connectivity index (χ3n) is 7.06. The van der Waals surface area contributed by atoms with E-state index in [0.29, 0.717) is 11.5 Å². The maximum absolute atomic E-state index is 13.5. The number of fused-ring (bicyclic) bond motifs is 1. The number of carbonyl (C=O) groups excluding carboxylic acids is 1. The van der Waals surface area contributed by atoms with Gasteiger partial charge >= 0.3 is 0 Å². The minimum atomic E-state index is -0.886. The molecule has 0 spiro atoms. The van der Waals surface area contributed by atoms with Gasteiger partial charge in [0.2, 0.25) is 5.91 Å². The van der Waals surface area contributed by atoms with Crippen molar-refractivity contribution in [3.63, 3.8) is 0 Å². The molecule has 26 heavy (non-hydrogen) atoms. The molecule has 5 aliphatic rings. The Morgan fingerprint density at radius 3 is 2.23 bits per heavy atom. The lowest BCUT2D eigenvalue weighted by atomic mass is 9.49. The van der Waals surface area contributed by atoms with E-state index in [0.717, 1.165) is 54.1 Å². The van der Waals surface area contributed by atoms with Crippen LogP contribution in [0.4, 0.5) is 5.82 Å². The van der Waals surface area contributed by atoms with Crippen LogP contribution in [0.5, 0.6) is 0 Å². The largest absolute Gasteiger partial charge is 0.310 e. The quantitative estimate of drug-likeness (QED) is 0.860. The van der Waals surface area contributed by atoms with E-state index in [-0.39, 0.29) is 16.9 Å². The Labute approximate surface area is 157 Å². The van der Waals surface area contributed by atoms with E-state index in [1.54, 1.807) is 0 Å². The van der Waals surface area contributed by atoms with Crippen LogP contribution in [0.1, 0.15) is 70.6 Å². The van der Waals surface area contributed by atoms with Crippen molar-refractivity contribution in [3.05, 3.63) is 11.3 Å². The molecule has 1 N–H and O–H groups in total. The fourth-order valence-electron chi connectivity index (χ4n) is 6.37. The van der Waals surface area contributed by atoms with E-state index in [2.05, 4.69) is 26.1 Å². The zero-order chi connectivity index (χ0) is 18.3. The van der Waals surface area contributed by atoms with Gasteiger partial charge in [0, 0.05) is 16.4 Å². The summed E-state index contributed by atoms with van der Waals surface area (Å²) >= 11 is 0. The van der Waals surface area contributed by atoms with Crippen molar-refractivity contribution in [2.45, 2.75) is 76.3 Å². The molecular formula is C20H29N3O2S. The summed E-state index contributed by atoms with van der Waals surface area (Å²) in [5, 5.41) is 8.02. The summed E-state index contributed by atoms with van der Waals surface area (Å²) in [4.78, 5) is 13.5. The molecule has 4 fully saturated rings. The Morgan fingerprint density at radius 1 is 1.12 bits per heavy atom. The van der Waals surface area contributed by atoms with Crippen LogP contribution in [-0.4, -0.2) is 19.9 Å². The summed E-state index contributed by atoms with van der Waals surface area (Å²) in [5.41, 5.74) is 1.51. The lowest BCUT2D eigenvalue weighted by Gasteiger charge is -2.55. The smallest absolute Gasteiger partial charge is 0.231 e. The van der Waals surface area contributed by atoms with Crippen LogP contribution < -0.4 is 5.32 Å². The van der Waals surface area contributed by atoms with Gasteiger partial charge in [0.05, 0.1) is 28.2 Å². The van der Waals surface area contributed by atoms with E-state index in [9.17, 15) is 9.00 Å². The zero-order valence-corrected chi connectivity index (χ0v) is 16.8. The molecule has 0 unspecified atom stereocenters. The van der Waals surface area contributed by atoms with Crippen molar-refractivity contribution < 1.29 is 9.00 Å². The number of nitrogens with one attached hydrogen (secondary N) is 1. The van der Waals surface area contributed by atoms with Crippen molar-refractivity contribution in [1.29, 1.82) is 0 Å². The van der Waals surface area contributed by atoms with Crippen molar-refractivity contribution in [2.24, 2.45) is 23.2 Å². The van der Waals surface area contributed by atoms with Gasteiger partial charge in [-0.3, -0.25) is 9.00 Å². The molecule has 4 bridgehead atoms. The van der Waals surface area contributed by atoms with Gasteiger partial charge in [-0.1, -0.05) is 0 Å². The minimum absolute atomic E-state index is 0.174. The van der Waals surface area contributed by atoms with Crippen LogP contribution in [0.25, 0.3) is 0 Å². The zero-order valence-electron chi connectivity index (χ0n) is 16.0. The van der Waals surface area contributed by atoms with Gasteiger partial charge in [-0.2, -0.15) is 5.10 Å². The number of hydrogen-bond acceptors (Lipinski definition) is 3. The molecule has 4 aliphatic carbocycles. The first-order valence-corrected chi connectivity index (χ1v) is 11.5. The first-order chi connectivity index (χ1) is 12.2. The Kier molecular flexibility index (Phi) is 3.54. The molecule has 1 aliphatic heterocycles. The van der Waals surface area contributed by atoms with Crippen LogP contribution in [0, 0.1) is 23.2 Å². The van der Waals surface area contributed by atoms with Gasteiger partial charge in [0.25, 0.3) is 0 Å². The average Bonchev–Trinajstić information content (AvgIpc) is 3.03. The highest BCUT2D eigenvalue weighted by atomic mass is 32.2. The van der Waals surface area contributed by atoms with Crippen LogP contribution >= 0.6 is 0 Å². The molecule has 5 nitrogen and oxygen atoms in total. The van der Waals surface area contributed by atoms with E-state index in [1.807, 2.05) is 4.68 Å². The number of amides is 1. The minimum Gasteiger partial charge on any atom is -0.310 e. The Balaban J connectivity index is 1.48. The SMILES string of the molecule is CC(C)(C)n1nc2c(c1NC(=O)C13CC4CC(CC(C4)C1)C3)C[S@](=O)C2. The fraction of sp³-hybridized carbons (Fsp3) is 0.800. The van der Waals surface area contributed by atoms with Crippen LogP contribution in [0.3, 0.4) is 0 Å². The number of aromatic nitrogens is 2. The molecule has 6 heteroatoms. The van der Waals surface area contributed by atoms with Gasteiger partial charge in [-0.05, 0) is 77.0 Å². The summed E-state index contributed by atoms with van der Waals surface area (Å²) in [6.45, 7) is 6.31. The molecular weight excluding hydrogens is 346 g/mol. The predicted molar refractivity (Wildman–Crippen MR) is 102 cm³/mol. The van der Waals surface area contributed by atoms with Gasteiger partial charge in [-0.15, -0.1) is 0 Å². The first-order valence-electron chi connectivity index (χ1n) is 10.0. The van der Waals surface area contributed by atoms with E-state index >= 15 is 0 Å². The molecule has 6 rings (SSSR count). The summed E-state index contributed by atoms with van der Waals surface area (Å²) in [5.74, 6) is 4.27. The molecule has 0 radical (unpaired) electrons. The molecule has 1 aromatic heterocycles. The molecule has 2 heterocycles. The van der Waals surface area contributed by atoms with Gasteiger partial charge in [0.15, 0.2) is 0 Å². The number of hydrogen-bond donors (Lipinski definition) is 1. The maximum Gasteiger partial charge on any atom is 0.231 e. The van der Waals surface area contributed by atoms with Crippen molar-refractivity contribution in [2.75, 3.05) is 5.32 Å². The highest BCUT2D eigenvalue weighted by Gasteiger charge is 2.55. The summed E-state index contributed by atoms with van der Waals surface area (Å²) in [6.07, 6.45) is 7.18. The molecule has 4 saturated carbocycles. The molecule has 1 amide bonds. The number of rotatable bonds is 2. The molecule has 142 valence electrons. The van der Waals surface area contributed by atoms with Gasteiger partial charge in [-0.25, -0.2) is 4.68 Å². The summed E-state index contributed by atoms with van der Waals surface area (Å²) in [6, 6.07) is 0. The van der Waals surface area contributed by atoms with Crippen molar-refractivity contribution in [3.8, 4) is 0 Å². The van der Waals surface area contributed by atoms with Crippen LogP contribution in [-0.2, 0) is 32.6 Å². The number of anilines is 1. The normalized spacial score (nSPS) is 37.8. The Hall–Kier alpha value is -1.17. The third kappa shape index (κ3) is 2.51. The van der Waals surface area contributed by atoms with Crippen LogP contribution in [0.2, 0.25) is 0 Å². The lowest BCUT2D eigenvalue weighted by molar-refractivity contribution is -0.140. The highest BCUT2D eigenvalue weighted by molar-refractivity contribution is 7.83. The monoisotopic (exact) mass is 375 g/mol. The highest BCUT2D eigenvalue weighted by Crippen LogP contribution is 2.60. The van der Waals surface area contributed by atoms with Crippen LogP contribution in [0.15, 0.2) is 0 Å². The third-order valence-corrected chi connectivity index (χ3v) is 8.26. The molecule has 0 aromatic carbocycles.